The van der Waals surface area contributed by atoms with Gasteiger partial charge in [0.2, 0.25) is 5.91 Å². The van der Waals surface area contributed by atoms with E-state index < -0.39 is 0 Å². The first kappa shape index (κ1) is 16.3. The lowest BCUT2D eigenvalue weighted by atomic mass is 9.95. The van der Waals surface area contributed by atoms with Gasteiger partial charge in [0.05, 0.1) is 5.92 Å². The van der Waals surface area contributed by atoms with Crippen LogP contribution in [0.1, 0.15) is 30.9 Å². The Morgan fingerprint density at radius 3 is 2.68 bits per heavy atom. The standard InChI is InChI=1S/C22H26N2O/c1-17-14-19-10-5-6-12-21(19)24(17)22(25)20-11-7-13-23(16-20)15-18-8-3-2-4-9-18/h2-6,8-10,12,17,20H,7,11,13-16H2,1H3. The predicted molar refractivity (Wildman–Crippen MR) is 102 cm³/mol. The van der Waals surface area contributed by atoms with Gasteiger partial charge in [-0.1, -0.05) is 48.5 Å². The number of anilines is 1. The van der Waals surface area contributed by atoms with Crippen molar-refractivity contribution in [2.45, 2.75) is 38.8 Å². The number of para-hydroxylation sites is 1. The Labute approximate surface area is 150 Å². The largest absolute Gasteiger partial charge is 0.309 e. The van der Waals surface area contributed by atoms with Gasteiger partial charge in [0, 0.05) is 24.8 Å². The molecule has 4 rings (SSSR count). The summed E-state index contributed by atoms with van der Waals surface area (Å²) >= 11 is 0. The van der Waals surface area contributed by atoms with Crippen LogP contribution in [-0.4, -0.2) is 29.9 Å². The number of fused-ring (bicyclic) bond motifs is 1. The third kappa shape index (κ3) is 3.34. The summed E-state index contributed by atoms with van der Waals surface area (Å²) in [5.74, 6) is 0.432. The predicted octanol–water partition coefficient (Wildman–Crippen LogP) is 3.88. The van der Waals surface area contributed by atoms with Gasteiger partial charge in [-0.2, -0.15) is 0 Å². The quantitative estimate of drug-likeness (QED) is 0.850. The van der Waals surface area contributed by atoms with Crippen LogP contribution in [0.4, 0.5) is 5.69 Å². The van der Waals surface area contributed by atoms with Crippen molar-refractivity contribution in [3.05, 3.63) is 65.7 Å². The van der Waals surface area contributed by atoms with Crippen molar-refractivity contribution in [1.29, 1.82) is 0 Å². The molecule has 0 bridgehead atoms. The summed E-state index contributed by atoms with van der Waals surface area (Å²) < 4.78 is 0. The molecule has 2 aliphatic rings. The highest BCUT2D eigenvalue weighted by Crippen LogP contribution is 2.34. The molecule has 2 aliphatic heterocycles. The molecule has 0 N–H and O–H groups in total. The lowest BCUT2D eigenvalue weighted by Crippen LogP contribution is -2.46. The lowest BCUT2D eigenvalue weighted by molar-refractivity contribution is -0.124. The third-order valence-electron chi connectivity index (χ3n) is 5.55. The Kier molecular flexibility index (Phi) is 4.58. The summed E-state index contributed by atoms with van der Waals surface area (Å²) in [5.41, 5.74) is 3.76. The zero-order valence-electron chi connectivity index (χ0n) is 14.9. The Morgan fingerprint density at radius 1 is 1.08 bits per heavy atom. The second-order valence-electron chi connectivity index (χ2n) is 7.45. The molecule has 2 aromatic rings. The number of amides is 1. The van der Waals surface area contributed by atoms with E-state index in [1.807, 2.05) is 6.07 Å². The number of carbonyl (C=O) groups excluding carboxylic acids is 1. The topological polar surface area (TPSA) is 23.6 Å². The number of piperidine rings is 1. The fourth-order valence-electron chi connectivity index (χ4n) is 4.34. The minimum Gasteiger partial charge on any atom is -0.309 e. The summed E-state index contributed by atoms with van der Waals surface area (Å²) in [5, 5.41) is 0. The molecule has 2 unspecified atom stereocenters. The molecule has 130 valence electrons. The number of hydrogen-bond donors (Lipinski definition) is 0. The summed E-state index contributed by atoms with van der Waals surface area (Å²) in [6.45, 7) is 5.07. The maximum atomic E-state index is 13.3. The van der Waals surface area contributed by atoms with Crippen LogP contribution >= 0.6 is 0 Å². The molecule has 2 heterocycles. The van der Waals surface area contributed by atoms with Crippen LogP contribution in [0, 0.1) is 5.92 Å². The monoisotopic (exact) mass is 334 g/mol. The molecule has 2 aromatic carbocycles. The van der Waals surface area contributed by atoms with Gasteiger partial charge in [0.25, 0.3) is 0 Å². The lowest BCUT2D eigenvalue weighted by Gasteiger charge is -2.35. The van der Waals surface area contributed by atoms with Crippen molar-refractivity contribution >= 4 is 11.6 Å². The van der Waals surface area contributed by atoms with E-state index in [1.165, 1.54) is 11.1 Å². The van der Waals surface area contributed by atoms with E-state index in [0.29, 0.717) is 5.91 Å². The average molecular weight is 334 g/mol. The molecule has 0 radical (unpaired) electrons. The number of rotatable bonds is 3. The molecule has 0 spiro atoms. The molecule has 0 aliphatic carbocycles. The minimum absolute atomic E-state index is 0.117. The fraction of sp³-hybridized carbons (Fsp3) is 0.409. The SMILES string of the molecule is CC1Cc2ccccc2N1C(=O)C1CCCN(Cc2ccccc2)C1. The van der Waals surface area contributed by atoms with Crippen LogP contribution in [0.25, 0.3) is 0 Å². The minimum atomic E-state index is 0.117. The summed E-state index contributed by atoms with van der Waals surface area (Å²) in [7, 11) is 0. The molecule has 1 saturated heterocycles. The maximum Gasteiger partial charge on any atom is 0.231 e. The maximum absolute atomic E-state index is 13.3. The zero-order valence-corrected chi connectivity index (χ0v) is 14.9. The van der Waals surface area contributed by atoms with Gasteiger partial charge < -0.3 is 4.90 Å². The molecule has 1 fully saturated rings. The van der Waals surface area contributed by atoms with E-state index in [4.69, 9.17) is 0 Å². The molecular formula is C22H26N2O. The van der Waals surface area contributed by atoms with Crippen LogP contribution in [0.3, 0.4) is 0 Å². The highest BCUT2D eigenvalue weighted by atomic mass is 16.2. The summed E-state index contributed by atoms with van der Waals surface area (Å²) in [6, 6.07) is 19.2. The van der Waals surface area contributed by atoms with Crippen LogP contribution in [0.5, 0.6) is 0 Å². The van der Waals surface area contributed by atoms with Gasteiger partial charge in [0.1, 0.15) is 0 Å². The first-order valence-corrected chi connectivity index (χ1v) is 9.39. The van der Waals surface area contributed by atoms with Crippen molar-refractivity contribution in [2.24, 2.45) is 5.92 Å². The highest BCUT2D eigenvalue weighted by Gasteiger charge is 2.36. The summed E-state index contributed by atoms with van der Waals surface area (Å²) in [6.07, 6.45) is 3.09. The van der Waals surface area contributed by atoms with Gasteiger partial charge in [0.15, 0.2) is 0 Å². The van der Waals surface area contributed by atoms with E-state index in [-0.39, 0.29) is 12.0 Å². The van der Waals surface area contributed by atoms with E-state index in [2.05, 4.69) is 65.3 Å². The van der Waals surface area contributed by atoms with Crippen LogP contribution < -0.4 is 4.90 Å². The molecule has 1 amide bonds. The molecular weight excluding hydrogens is 308 g/mol. The second kappa shape index (κ2) is 7.01. The highest BCUT2D eigenvalue weighted by molar-refractivity contribution is 5.97. The average Bonchev–Trinajstić information content (AvgIpc) is 2.98. The first-order valence-electron chi connectivity index (χ1n) is 9.39. The van der Waals surface area contributed by atoms with Crippen molar-refractivity contribution < 1.29 is 4.79 Å². The normalized spacial score (nSPS) is 23.5. The third-order valence-corrected chi connectivity index (χ3v) is 5.55. The first-order chi connectivity index (χ1) is 12.2. The molecule has 2 atom stereocenters. The number of benzene rings is 2. The van der Waals surface area contributed by atoms with Crippen molar-refractivity contribution in [3.8, 4) is 0 Å². The molecule has 3 heteroatoms. The van der Waals surface area contributed by atoms with Gasteiger partial charge in [-0.15, -0.1) is 0 Å². The number of carbonyl (C=O) groups is 1. The van der Waals surface area contributed by atoms with Gasteiger partial charge in [-0.25, -0.2) is 0 Å². The second-order valence-corrected chi connectivity index (χ2v) is 7.45. The van der Waals surface area contributed by atoms with Gasteiger partial charge in [-0.3, -0.25) is 9.69 Å². The summed E-state index contributed by atoms with van der Waals surface area (Å²) in [4.78, 5) is 17.8. The zero-order chi connectivity index (χ0) is 17.2. The molecule has 3 nitrogen and oxygen atoms in total. The van der Waals surface area contributed by atoms with Crippen LogP contribution in [0.2, 0.25) is 0 Å². The van der Waals surface area contributed by atoms with Gasteiger partial charge >= 0.3 is 0 Å². The Morgan fingerprint density at radius 2 is 1.84 bits per heavy atom. The Balaban J connectivity index is 1.47. The molecule has 25 heavy (non-hydrogen) atoms. The van der Waals surface area contributed by atoms with E-state index in [0.717, 1.165) is 44.6 Å². The van der Waals surface area contributed by atoms with E-state index in [9.17, 15) is 4.79 Å². The Hall–Kier alpha value is -2.13. The number of likely N-dealkylation sites (tertiary alicyclic amines) is 1. The van der Waals surface area contributed by atoms with E-state index >= 15 is 0 Å². The Bertz CT molecular complexity index is 743. The smallest absolute Gasteiger partial charge is 0.231 e. The van der Waals surface area contributed by atoms with Crippen LogP contribution in [-0.2, 0) is 17.8 Å². The van der Waals surface area contributed by atoms with Crippen molar-refractivity contribution in [3.63, 3.8) is 0 Å². The molecule has 0 saturated carbocycles. The molecule has 0 aromatic heterocycles. The van der Waals surface area contributed by atoms with Crippen LogP contribution in [0.15, 0.2) is 54.6 Å². The number of nitrogens with zero attached hydrogens (tertiary/aromatic N) is 2. The fourth-order valence-corrected chi connectivity index (χ4v) is 4.34. The van der Waals surface area contributed by atoms with Crippen molar-refractivity contribution in [2.75, 3.05) is 18.0 Å². The van der Waals surface area contributed by atoms with Gasteiger partial charge in [-0.05, 0) is 49.9 Å². The van der Waals surface area contributed by atoms with E-state index in [1.54, 1.807) is 0 Å². The number of hydrogen-bond acceptors (Lipinski definition) is 2. The van der Waals surface area contributed by atoms with Crippen molar-refractivity contribution in [1.82, 2.24) is 4.90 Å².